The molecule has 0 radical (unpaired) electrons. The highest BCUT2D eigenvalue weighted by Crippen LogP contribution is 2.20. The van der Waals surface area contributed by atoms with Gasteiger partial charge < -0.3 is 5.32 Å². The minimum absolute atomic E-state index is 0.130. The molecule has 0 atom stereocenters. The highest BCUT2D eigenvalue weighted by Gasteiger charge is 2.33. The fourth-order valence-electron chi connectivity index (χ4n) is 1.69. The van der Waals surface area contributed by atoms with Crippen LogP contribution in [0.15, 0.2) is 11.1 Å². The zero-order valence-electron chi connectivity index (χ0n) is 9.17. The molecule has 1 aliphatic heterocycles. The van der Waals surface area contributed by atoms with Crippen LogP contribution in [0.3, 0.4) is 0 Å². The second-order valence-electron chi connectivity index (χ2n) is 4.24. The number of nitrogens with one attached hydrogen (secondary N) is 1. The van der Waals surface area contributed by atoms with Gasteiger partial charge in [0.2, 0.25) is 0 Å². The molecule has 1 saturated carbocycles. The van der Waals surface area contributed by atoms with Crippen molar-refractivity contribution in [1.82, 2.24) is 10.2 Å². The van der Waals surface area contributed by atoms with Gasteiger partial charge in [0.1, 0.15) is 0 Å². The monoisotopic (exact) mass is 208 g/mol. The van der Waals surface area contributed by atoms with Gasteiger partial charge in [0.05, 0.1) is 0 Å². The number of rotatable bonds is 4. The van der Waals surface area contributed by atoms with Crippen LogP contribution in [0, 0.1) is 0 Å². The molecule has 1 heterocycles. The van der Waals surface area contributed by atoms with Crippen LogP contribution in [0.1, 0.15) is 26.7 Å². The first kappa shape index (κ1) is 10.4. The summed E-state index contributed by atoms with van der Waals surface area (Å²) in [5, 5.41) is 3.29. The Morgan fingerprint density at radius 3 is 2.20 bits per heavy atom. The molecule has 0 aromatic carbocycles. The second-order valence-corrected chi connectivity index (χ2v) is 4.24. The molecule has 2 amide bonds. The van der Waals surface area contributed by atoms with E-state index in [-0.39, 0.29) is 11.8 Å². The maximum atomic E-state index is 11.6. The predicted octanol–water partition coefficient (Wildman–Crippen LogP) is 0.444. The average Bonchev–Trinajstić information content (AvgIpc) is 3.01. The molecule has 0 spiro atoms. The van der Waals surface area contributed by atoms with E-state index in [1.165, 1.54) is 17.7 Å². The third-order valence-electron chi connectivity index (χ3n) is 3.04. The molecule has 0 unspecified atom stereocenters. The third kappa shape index (κ3) is 1.95. The summed E-state index contributed by atoms with van der Waals surface area (Å²) in [6.07, 6.45) is 2.44. The summed E-state index contributed by atoms with van der Waals surface area (Å²) in [7, 11) is 0. The minimum Gasteiger partial charge on any atom is -0.312 e. The number of imide groups is 1. The largest absolute Gasteiger partial charge is 0.312 e. The van der Waals surface area contributed by atoms with E-state index in [1.807, 2.05) is 0 Å². The van der Waals surface area contributed by atoms with E-state index in [0.29, 0.717) is 30.3 Å². The van der Waals surface area contributed by atoms with Crippen LogP contribution in [0.25, 0.3) is 0 Å². The first-order chi connectivity index (χ1) is 7.11. The molecule has 0 aromatic rings. The first-order valence-electron chi connectivity index (χ1n) is 5.38. The quantitative estimate of drug-likeness (QED) is 0.682. The van der Waals surface area contributed by atoms with Crippen molar-refractivity contribution in [3.05, 3.63) is 11.1 Å². The minimum atomic E-state index is -0.130. The number of nitrogens with zero attached hydrogens (tertiary/aromatic N) is 1. The van der Waals surface area contributed by atoms with Crippen molar-refractivity contribution in [1.29, 1.82) is 0 Å². The fraction of sp³-hybridized carbons (Fsp3) is 0.636. The van der Waals surface area contributed by atoms with Crippen molar-refractivity contribution >= 4 is 11.8 Å². The normalized spacial score (nSPS) is 21.9. The Bertz CT molecular complexity index is 318. The molecule has 82 valence electrons. The summed E-state index contributed by atoms with van der Waals surface area (Å²) in [6, 6.07) is 0.618. The van der Waals surface area contributed by atoms with Gasteiger partial charge in [-0.2, -0.15) is 0 Å². The van der Waals surface area contributed by atoms with Gasteiger partial charge in [-0.25, -0.2) is 0 Å². The summed E-state index contributed by atoms with van der Waals surface area (Å²) in [5.74, 6) is -0.259. The molecule has 1 N–H and O–H groups in total. The van der Waals surface area contributed by atoms with Gasteiger partial charge in [-0.05, 0) is 26.7 Å². The van der Waals surface area contributed by atoms with Crippen molar-refractivity contribution in [2.75, 3.05) is 13.1 Å². The van der Waals surface area contributed by atoms with Crippen molar-refractivity contribution in [3.63, 3.8) is 0 Å². The number of hydrogen-bond acceptors (Lipinski definition) is 3. The van der Waals surface area contributed by atoms with Crippen LogP contribution in [0.5, 0.6) is 0 Å². The van der Waals surface area contributed by atoms with Crippen LogP contribution < -0.4 is 5.32 Å². The average molecular weight is 208 g/mol. The molecule has 15 heavy (non-hydrogen) atoms. The number of carbonyl (C=O) groups excluding carboxylic acids is 2. The zero-order chi connectivity index (χ0) is 11.0. The summed E-state index contributed by atoms with van der Waals surface area (Å²) in [5.41, 5.74) is 1.18. The lowest BCUT2D eigenvalue weighted by atomic mass is 10.2. The Morgan fingerprint density at radius 1 is 1.20 bits per heavy atom. The highest BCUT2D eigenvalue weighted by atomic mass is 16.2. The Labute approximate surface area is 89.3 Å². The van der Waals surface area contributed by atoms with E-state index in [2.05, 4.69) is 5.32 Å². The molecule has 1 fully saturated rings. The molecule has 0 saturated heterocycles. The fourth-order valence-corrected chi connectivity index (χ4v) is 1.69. The van der Waals surface area contributed by atoms with Crippen molar-refractivity contribution in [2.45, 2.75) is 32.7 Å². The summed E-state index contributed by atoms with van der Waals surface area (Å²) in [6.45, 7) is 4.62. The molecular formula is C11H16N2O2. The molecular weight excluding hydrogens is 192 g/mol. The van der Waals surface area contributed by atoms with Crippen molar-refractivity contribution < 1.29 is 9.59 Å². The smallest absolute Gasteiger partial charge is 0.256 e. The van der Waals surface area contributed by atoms with Crippen LogP contribution >= 0.6 is 0 Å². The Morgan fingerprint density at radius 2 is 1.73 bits per heavy atom. The van der Waals surface area contributed by atoms with Gasteiger partial charge in [0.25, 0.3) is 11.8 Å². The molecule has 4 nitrogen and oxygen atoms in total. The van der Waals surface area contributed by atoms with E-state index in [9.17, 15) is 9.59 Å². The van der Waals surface area contributed by atoms with Crippen molar-refractivity contribution in [3.8, 4) is 0 Å². The van der Waals surface area contributed by atoms with E-state index in [4.69, 9.17) is 0 Å². The molecule has 2 rings (SSSR count). The van der Waals surface area contributed by atoms with E-state index >= 15 is 0 Å². The second kappa shape index (κ2) is 3.77. The first-order valence-corrected chi connectivity index (χ1v) is 5.38. The standard InChI is InChI=1S/C11H16N2O2/c1-7-8(2)11(15)13(10(7)14)6-5-12-9-3-4-9/h9,12H,3-6H2,1-2H3. The van der Waals surface area contributed by atoms with Crippen LogP contribution in [0.4, 0.5) is 0 Å². The van der Waals surface area contributed by atoms with Gasteiger partial charge in [-0.15, -0.1) is 0 Å². The zero-order valence-corrected chi connectivity index (χ0v) is 9.17. The lowest BCUT2D eigenvalue weighted by Gasteiger charge is -2.14. The van der Waals surface area contributed by atoms with Crippen LogP contribution in [0.2, 0.25) is 0 Å². The van der Waals surface area contributed by atoms with E-state index in [1.54, 1.807) is 13.8 Å². The summed E-state index contributed by atoms with van der Waals surface area (Å²) in [4.78, 5) is 24.6. The van der Waals surface area contributed by atoms with Crippen LogP contribution in [-0.4, -0.2) is 35.8 Å². The SMILES string of the molecule is CC1=C(C)C(=O)N(CCNC2CC2)C1=O. The predicted molar refractivity (Wildman–Crippen MR) is 56.1 cm³/mol. The summed E-state index contributed by atoms with van der Waals surface area (Å²) >= 11 is 0. The van der Waals surface area contributed by atoms with Crippen molar-refractivity contribution in [2.24, 2.45) is 0 Å². The number of amides is 2. The number of carbonyl (C=O) groups is 2. The lowest BCUT2D eigenvalue weighted by Crippen LogP contribution is -2.37. The Balaban J connectivity index is 1.88. The Hall–Kier alpha value is -1.16. The van der Waals surface area contributed by atoms with Crippen LogP contribution in [-0.2, 0) is 9.59 Å². The molecule has 0 aromatic heterocycles. The molecule has 0 bridgehead atoms. The molecule has 4 heteroatoms. The van der Waals surface area contributed by atoms with Gasteiger partial charge in [0, 0.05) is 30.3 Å². The number of hydrogen-bond donors (Lipinski definition) is 1. The lowest BCUT2D eigenvalue weighted by molar-refractivity contribution is -0.137. The topological polar surface area (TPSA) is 49.4 Å². The Kier molecular flexibility index (Phi) is 2.61. The maximum Gasteiger partial charge on any atom is 0.256 e. The highest BCUT2D eigenvalue weighted by molar-refractivity contribution is 6.18. The maximum absolute atomic E-state index is 11.6. The molecule has 2 aliphatic rings. The summed E-state index contributed by atoms with van der Waals surface area (Å²) < 4.78 is 0. The van der Waals surface area contributed by atoms with Gasteiger partial charge in [-0.1, -0.05) is 0 Å². The molecule has 1 aliphatic carbocycles. The van der Waals surface area contributed by atoms with Gasteiger partial charge >= 0.3 is 0 Å². The van der Waals surface area contributed by atoms with Gasteiger partial charge in [0.15, 0.2) is 0 Å². The van der Waals surface area contributed by atoms with E-state index in [0.717, 1.165) is 0 Å². The van der Waals surface area contributed by atoms with Gasteiger partial charge in [-0.3, -0.25) is 14.5 Å². The van der Waals surface area contributed by atoms with E-state index < -0.39 is 0 Å². The third-order valence-corrected chi connectivity index (χ3v) is 3.04.